The third-order valence-corrected chi connectivity index (χ3v) is 5.45. The minimum Gasteiger partial charge on any atom is -0.370 e. The van der Waals surface area contributed by atoms with E-state index in [1.807, 2.05) is 30.2 Å². The van der Waals surface area contributed by atoms with Crippen LogP contribution in [0, 0.1) is 0 Å². The number of para-hydroxylation sites is 1. The van der Waals surface area contributed by atoms with Gasteiger partial charge in [-0.1, -0.05) is 12.1 Å². The molecule has 0 bridgehead atoms. The Balaban J connectivity index is 1.50. The number of anilines is 2. The van der Waals surface area contributed by atoms with Crippen molar-refractivity contribution in [1.29, 1.82) is 0 Å². The summed E-state index contributed by atoms with van der Waals surface area (Å²) >= 11 is 0. The lowest BCUT2D eigenvalue weighted by Gasteiger charge is -2.33. The van der Waals surface area contributed by atoms with E-state index in [1.54, 1.807) is 0 Å². The van der Waals surface area contributed by atoms with E-state index in [-0.39, 0.29) is 6.10 Å². The lowest BCUT2D eigenvalue weighted by atomic mass is 10.1. The summed E-state index contributed by atoms with van der Waals surface area (Å²) in [4.78, 5) is 14.4. The molecule has 0 radical (unpaired) electrons. The fourth-order valence-electron chi connectivity index (χ4n) is 3.73. The molecule has 5 rings (SSSR count). The van der Waals surface area contributed by atoms with Gasteiger partial charge in [-0.25, -0.2) is 4.98 Å². The number of fused-ring (bicyclic) bond motifs is 1. The number of aryl methyl sites for hydroxylation is 1. The first-order valence-corrected chi connectivity index (χ1v) is 9.54. The second kappa shape index (κ2) is 6.49. The molecule has 3 aromatic rings. The molecule has 0 N–H and O–H groups in total. The van der Waals surface area contributed by atoms with Gasteiger partial charge in [-0.15, -0.1) is 0 Å². The van der Waals surface area contributed by atoms with E-state index in [0.717, 1.165) is 41.3 Å². The van der Waals surface area contributed by atoms with Gasteiger partial charge in [0, 0.05) is 43.8 Å². The highest BCUT2D eigenvalue weighted by Crippen LogP contribution is 2.34. The summed E-state index contributed by atoms with van der Waals surface area (Å²) in [6, 6.07) is 8.89. The van der Waals surface area contributed by atoms with Gasteiger partial charge in [-0.05, 0) is 25.0 Å². The van der Waals surface area contributed by atoms with Crippen LogP contribution in [0.2, 0.25) is 0 Å². The fraction of sp³-hybridized carbons (Fsp3) is 0.450. The SMILES string of the molecule is CN(c1nc(N2CCOC(c3cnn(C)c3)C2)nc2ccccc12)C1CC1. The van der Waals surface area contributed by atoms with Crippen LogP contribution in [-0.4, -0.2) is 52.5 Å². The van der Waals surface area contributed by atoms with Crippen LogP contribution in [0.3, 0.4) is 0 Å². The van der Waals surface area contributed by atoms with E-state index >= 15 is 0 Å². The molecule has 7 heteroatoms. The van der Waals surface area contributed by atoms with Crippen molar-refractivity contribution in [3.05, 3.63) is 42.2 Å². The maximum Gasteiger partial charge on any atom is 0.228 e. The fourth-order valence-corrected chi connectivity index (χ4v) is 3.73. The smallest absolute Gasteiger partial charge is 0.228 e. The molecule has 2 fully saturated rings. The quantitative estimate of drug-likeness (QED) is 0.709. The van der Waals surface area contributed by atoms with Crippen molar-refractivity contribution >= 4 is 22.7 Å². The van der Waals surface area contributed by atoms with Crippen LogP contribution < -0.4 is 9.80 Å². The second-order valence-corrected chi connectivity index (χ2v) is 7.46. The van der Waals surface area contributed by atoms with Crippen molar-refractivity contribution in [3.63, 3.8) is 0 Å². The van der Waals surface area contributed by atoms with Crippen molar-refractivity contribution < 1.29 is 4.74 Å². The monoisotopic (exact) mass is 364 g/mol. The van der Waals surface area contributed by atoms with Gasteiger partial charge < -0.3 is 14.5 Å². The van der Waals surface area contributed by atoms with Crippen molar-refractivity contribution in [3.8, 4) is 0 Å². The molecule has 3 heterocycles. The Kier molecular flexibility index (Phi) is 3.97. The first-order valence-electron chi connectivity index (χ1n) is 9.54. The van der Waals surface area contributed by atoms with Gasteiger partial charge in [0.1, 0.15) is 11.9 Å². The molecule has 1 saturated carbocycles. The molecule has 1 saturated heterocycles. The van der Waals surface area contributed by atoms with Crippen LogP contribution in [-0.2, 0) is 11.8 Å². The molecular weight excluding hydrogens is 340 g/mol. The Labute approximate surface area is 158 Å². The van der Waals surface area contributed by atoms with E-state index in [2.05, 4.69) is 40.1 Å². The minimum absolute atomic E-state index is 0.00729. The summed E-state index contributed by atoms with van der Waals surface area (Å²) in [5.74, 6) is 1.82. The number of hydrogen-bond donors (Lipinski definition) is 0. The van der Waals surface area contributed by atoms with Crippen molar-refractivity contribution in [2.75, 3.05) is 36.5 Å². The molecule has 2 aromatic heterocycles. The average molecular weight is 364 g/mol. The first-order chi connectivity index (χ1) is 13.2. The molecule has 140 valence electrons. The van der Waals surface area contributed by atoms with Gasteiger partial charge in [0.15, 0.2) is 0 Å². The van der Waals surface area contributed by atoms with Crippen LogP contribution in [0.4, 0.5) is 11.8 Å². The van der Waals surface area contributed by atoms with Crippen molar-refractivity contribution in [1.82, 2.24) is 19.7 Å². The van der Waals surface area contributed by atoms with E-state index in [1.165, 1.54) is 12.8 Å². The lowest BCUT2D eigenvalue weighted by molar-refractivity contribution is 0.0392. The van der Waals surface area contributed by atoms with Gasteiger partial charge in [0.2, 0.25) is 5.95 Å². The molecule has 2 aliphatic rings. The molecule has 0 amide bonds. The Hall–Kier alpha value is -2.67. The molecule has 7 nitrogen and oxygen atoms in total. The normalized spacial score (nSPS) is 20.2. The van der Waals surface area contributed by atoms with E-state index < -0.39 is 0 Å². The van der Waals surface area contributed by atoms with Gasteiger partial charge >= 0.3 is 0 Å². The molecule has 1 aromatic carbocycles. The maximum atomic E-state index is 5.98. The molecule has 1 aliphatic carbocycles. The van der Waals surface area contributed by atoms with Crippen molar-refractivity contribution in [2.45, 2.75) is 25.0 Å². The Morgan fingerprint density at radius 2 is 2.04 bits per heavy atom. The van der Waals surface area contributed by atoms with Gasteiger partial charge in [0.05, 0.1) is 24.9 Å². The summed E-state index contributed by atoms with van der Waals surface area (Å²) in [5, 5.41) is 5.39. The Bertz CT molecular complexity index is 966. The summed E-state index contributed by atoms with van der Waals surface area (Å²) < 4.78 is 7.79. The maximum absolute atomic E-state index is 5.98. The highest BCUT2D eigenvalue weighted by atomic mass is 16.5. The Morgan fingerprint density at radius 3 is 2.81 bits per heavy atom. The van der Waals surface area contributed by atoms with E-state index in [0.29, 0.717) is 12.6 Å². The number of aromatic nitrogens is 4. The summed E-state index contributed by atoms with van der Waals surface area (Å²) in [7, 11) is 4.07. The average Bonchev–Trinajstić information content (AvgIpc) is 3.47. The van der Waals surface area contributed by atoms with Crippen LogP contribution in [0.1, 0.15) is 24.5 Å². The number of rotatable bonds is 4. The first kappa shape index (κ1) is 16.5. The van der Waals surface area contributed by atoms with Gasteiger partial charge in [0.25, 0.3) is 0 Å². The van der Waals surface area contributed by atoms with Crippen LogP contribution in [0.5, 0.6) is 0 Å². The molecule has 1 atom stereocenters. The highest BCUT2D eigenvalue weighted by molar-refractivity contribution is 5.90. The summed E-state index contributed by atoms with van der Waals surface area (Å²) in [5.41, 5.74) is 2.09. The zero-order chi connectivity index (χ0) is 18.4. The van der Waals surface area contributed by atoms with Crippen LogP contribution in [0.15, 0.2) is 36.7 Å². The number of hydrogen-bond acceptors (Lipinski definition) is 6. The predicted molar refractivity (Wildman–Crippen MR) is 105 cm³/mol. The molecule has 27 heavy (non-hydrogen) atoms. The highest BCUT2D eigenvalue weighted by Gasteiger charge is 2.30. The molecule has 1 unspecified atom stereocenters. The van der Waals surface area contributed by atoms with E-state index in [9.17, 15) is 0 Å². The zero-order valence-electron chi connectivity index (χ0n) is 15.7. The number of nitrogens with zero attached hydrogens (tertiary/aromatic N) is 6. The van der Waals surface area contributed by atoms with Gasteiger partial charge in [-0.3, -0.25) is 4.68 Å². The standard InChI is InChI=1S/C20H24N6O/c1-24-12-14(11-21-24)18-13-26(9-10-27-18)20-22-17-6-4-3-5-16(17)19(23-20)25(2)15-7-8-15/h3-6,11-12,15,18H,7-10,13H2,1-2H3. The third kappa shape index (κ3) is 3.12. The minimum atomic E-state index is -0.00729. The lowest BCUT2D eigenvalue weighted by Crippen LogP contribution is -2.39. The van der Waals surface area contributed by atoms with E-state index in [4.69, 9.17) is 14.7 Å². The van der Waals surface area contributed by atoms with Crippen LogP contribution >= 0.6 is 0 Å². The zero-order valence-corrected chi connectivity index (χ0v) is 15.7. The second-order valence-electron chi connectivity index (χ2n) is 7.46. The molecular formula is C20H24N6O. The molecule has 1 aliphatic heterocycles. The number of morpholine rings is 1. The Morgan fingerprint density at radius 1 is 1.19 bits per heavy atom. The number of ether oxygens (including phenoxy) is 1. The summed E-state index contributed by atoms with van der Waals surface area (Å²) in [6.07, 6.45) is 6.37. The topological polar surface area (TPSA) is 59.3 Å². The third-order valence-electron chi connectivity index (χ3n) is 5.45. The number of benzene rings is 1. The molecule has 0 spiro atoms. The predicted octanol–water partition coefficient (Wildman–Crippen LogP) is 2.54. The van der Waals surface area contributed by atoms with Crippen LogP contribution in [0.25, 0.3) is 10.9 Å². The largest absolute Gasteiger partial charge is 0.370 e. The van der Waals surface area contributed by atoms with Gasteiger partial charge in [-0.2, -0.15) is 10.1 Å². The summed E-state index contributed by atoms with van der Waals surface area (Å²) in [6.45, 7) is 2.18. The van der Waals surface area contributed by atoms with Crippen molar-refractivity contribution in [2.24, 2.45) is 7.05 Å².